The molecule has 0 spiro atoms. The first-order chi connectivity index (χ1) is 16.8. The quantitative estimate of drug-likeness (QED) is 0.330. The minimum atomic E-state index is -0.615. The summed E-state index contributed by atoms with van der Waals surface area (Å²) >= 11 is 6.27. The highest BCUT2D eigenvalue weighted by Gasteiger charge is 2.26. The molecule has 0 aliphatic carbocycles. The van der Waals surface area contributed by atoms with Crippen LogP contribution in [0.5, 0.6) is 5.75 Å². The number of ether oxygens (including phenoxy) is 3. The summed E-state index contributed by atoms with van der Waals surface area (Å²) in [6, 6.07) is 16.4. The smallest absolute Gasteiger partial charge is 0.348 e. The fraction of sp³-hybridized carbons (Fsp3) is 0.200. The van der Waals surface area contributed by atoms with E-state index >= 15 is 0 Å². The van der Waals surface area contributed by atoms with E-state index in [0.29, 0.717) is 23.5 Å². The molecule has 0 atom stereocenters. The molecular formula is C25H24N2O6S2. The van der Waals surface area contributed by atoms with Gasteiger partial charge in [0.05, 0.1) is 19.3 Å². The molecule has 1 amide bonds. The third kappa shape index (κ3) is 6.65. The number of carbonyl (C=O) groups is 3. The zero-order valence-corrected chi connectivity index (χ0v) is 21.0. The number of nitrogens with one attached hydrogen (secondary N) is 2. The Balaban J connectivity index is 1.71. The number of benzene rings is 2. The average Bonchev–Trinajstić information content (AvgIpc) is 3.18. The number of methoxy groups -OCH3 is 1. The first kappa shape index (κ1) is 25.9. The lowest BCUT2D eigenvalue weighted by Gasteiger charge is -2.11. The van der Waals surface area contributed by atoms with Crippen molar-refractivity contribution in [3.63, 3.8) is 0 Å². The highest BCUT2D eigenvalue weighted by molar-refractivity contribution is 7.80. The zero-order valence-electron chi connectivity index (χ0n) is 19.4. The van der Waals surface area contributed by atoms with Crippen LogP contribution in [0.25, 0.3) is 0 Å². The molecule has 0 aliphatic heterocycles. The molecule has 0 saturated carbocycles. The third-order valence-corrected chi connectivity index (χ3v) is 6.19. The molecular weight excluding hydrogens is 488 g/mol. The van der Waals surface area contributed by atoms with Gasteiger partial charge in [-0.2, -0.15) is 0 Å². The van der Waals surface area contributed by atoms with Crippen molar-refractivity contribution in [3.05, 3.63) is 81.7 Å². The largest absolute Gasteiger partial charge is 0.489 e. The predicted molar refractivity (Wildman–Crippen MR) is 137 cm³/mol. The van der Waals surface area contributed by atoms with E-state index in [0.717, 1.165) is 16.9 Å². The topological polar surface area (TPSA) is 103 Å². The van der Waals surface area contributed by atoms with E-state index in [9.17, 15) is 14.4 Å². The summed E-state index contributed by atoms with van der Waals surface area (Å²) in [5.74, 6) is -1.14. The molecule has 3 rings (SSSR count). The van der Waals surface area contributed by atoms with E-state index in [1.54, 1.807) is 38.1 Å². The van der Waals surface area contributed by atoms with Gasteiger partial charge < -0.3 is 19.5 Å². The molecule has 1 heterocycles. The van der Waals surface area contributed by atoms with E-state index in [1.807, 2.05) is 30.3 Å². The van der Waals surface area contributed by atoms with Crippen LogP contribution in [-0.2, 0) is 16.1 Å². The number of thiocarbonyl (C=S) groups is 1. The Morgan fingerprint density at radius 2 is 1.77 bits per heavy atom. The van der Waals surface area contributed by atoms with Gasteiger partial charge in [-0.15, -0.1) is 11.3 Å². The van der Waals surface area contributed by atoms with Crippen LogP contribution in [0.1, 0.15) is 48.4 Å². The van der Waals surface area contributed by atoms with Crippen molar-refractivity contribution < 1.29 is 28.6 Å². The maximum atomic E-state index is 12.8. The standard InChI is InChI=1S/C25H24N2O6S2/c1-4-32-23(29)19-15(2)20(24(30)31-3)35-22(19)27-25(34)26-21(28)17-11-8-12-18(13-17)33-14-16-9-6-5-7-10-16/h5-13H,4,14H2,1-3H3,(H2,26,27,28,34). The Morgan fingerprint density at radius 1 is 1.03 bits per heavy atom. The van der Waals surface area contributed by atoms with E-state index in [1.165, 1.54) is 7.11 Å². The van der Waals surface area contributed by atoms with E-state index < -0.39 is 17.8 Å². The Labute approximate surface area is 212 Å². The summed E-state index contributed by atoms with van der Waals surface area (Å²) in [5.41, 5.74) is 1.90. The fourth-order valence-corrected chi connectivity index (χ4v) is 4.49. The normalized spacial score (nSPS) is 10.3. The maximum absolute atomic E-state index is 12.8. The number of esters is 2. The number of carbonyl (C=O) groups excluding carboxylic acids is 3. The Hall–Kier alpha value is -3.76. The van der Waals surface area contributed by atoms with E-state index in [4.69, 9.17) is 26.4 Å². The molecule has 1 aromatic heterocycles. The van der Waals surface area contributed by atoms with Crippen LogP contribution < -0.4 is 15.4 Å². The van der Waals surface area contributed by atoms with Gasteiger partial charge in [0, 0.05) is 5.56 Å². The van der Waals surface area contributed by atoms with E-state index in [-0.39, 0.29) is 27.2 Å². The van der Waals surface area contributed by atoms with Gasteiger partial charge in [-0.25, -0.2) is 9.59 Å². The molecule has 10 heteroatoms. The molecule has 8 nitrogen and oxygen atoms in total. The highest BCUT2D eigenvalue weighted by Crippen LogP contribution is 2.34. The fourth-order valence-electron chi connectivity index (χ4n) is 3.12. The molecule has 2 aromatic carbocycles. The lowest BCUT2D eigenvalue weighted by Crippen LogP contribution is -2.34. The first-order valence-corrected chi connectivity index (χ1v) is 11.8. The molecule has 182 valence electrons. The second kappa shape index (κ2) is 12.1. The third-order valence-electron chi connectivity index (χ3n) is 4.80. The van der Waals surface area contributed by atoms with Crippen molar-refractivity contribution >= 4 is 51.5 Å². The lowest BCUT2D eigenvalue weighted by atomic mass is 10.1. The van der Waals surface area contributed by atoms with Gasteiger partial charge in [-0.05, 0) is 55.4 Å². The molecule has 0 aliphatic rings. The Morgan fingerprint density at radius 3 is 2.46 bits per heavy atom. The maximum Gasteiger partial charge on any atom is 0.348 e. The van der Waals surface area contributed by atoms with Crippen LogP contribution in [0.2, 0.25) is 0 Å². The van der Waals surface area contributed by atoms with Crippen molar-refractivity contribution in [2.24, 2.45) is 0 Å². The van der Waals surface area contributed by atoms with Crippen molar-refractivity contribution in [2.45, 2.75) is 20.5 Å². The van der Waals surface area contributed by atoms with E-state index in [2.05, 4.69) is 10.6 Å². The second-order valence-corrected chi connectivity index (χ2v) is 8.61. The van der Waals surface area contributed by atoms with Crippen LogP contribution >= 0.6 is 23.6 Å². The summed E-state index contributed by atoms with van der Waals surface area (Å²) < 4.78 is 15.7. The minimum Gasteiger partial charge on any atom is -0.489 e. The molecule has 0 radical (unpaired) electrons. The molecule has 0 unspecified atom stereocenters. The first-order valence-electron chi connectivity index (χ1n) is 10.6. The summed E-state index contributed by atoms with van der Waals surface area (Å²) in [6.07, 6.45) is 0. The van der Waals surface area contributed by atoms with Crippen molar-refractivity contribution in [2.75, 3.05) is 19.0 Å². The molecule has 3 aromatic rings. The molecule has 0 fully saturated rings. The van der Waals surface area contributed by atoms with Crippen LogP contribution in [0.15, 0.2) is 54.6 Å². The van der Waals surface area contributed by atoms with Gasteiger partial charge in [0.25, 0.3) is 5.91 Å². The minimum absolute atomic E-state index is 0.0474. The van der Waals surface area contributed by atoms with Gasteiger partial charge in [-0.1, -0.05) is 36.4 Å². The van der Waals surface area contributed by atoms with Crippen LogP contribution in [0, 0.1) is 6.92 Å². The van der Waals surface area contributed by atoms with Crippen LogP contribution in [-0.4, -0.2) is 36.7 Å². The molecule has 35 heavy (non-hydrogen) atoms. The molecule has 0 bridgehead atoms. The number of rotatable bonds is 8. The van der Waals surface area contributed by atoms with Crippen LogP contribution in [0.3, 0.4) is 0 Å². The molecule has 2 N–H and O–H groups in total. The average molecular weight is 513 g/mol. The second-order valence-electron chi connectivity index (χ2n) is 7.18. The van der Waals surface area contributed by atoms with Crippen molar-refractivity contribution in [1.29, 1.82) is 0 Å². The van der Waals surface area contributed by atoms with Gasteiger partial charge >= 0.3 is 11.9 Å². The zero-order chi connectivity index (χ0) is 25.4. The molecule has 0 saturated heterocycles. The van der Waals surface area contributed by atoms with Crippen LogP contribution in [0.4, 0.5) is 5.00 Å². The number of anilines is 1. The van der Waals surface area contributed by atoms with Gasteiger partial charge in [-0.3, -0.25) is 10.1 Å². The Bertz CT molecular complexity index is 1240. The number of thiophene rings is 1. The van der Waals surface area contributed by atoms with Gasteiger partial charge in [0.15, 0.2) is 5.11 Å². The summed E-state index contributed by atoms with van der Waals surface area (Å²) in [5, 5.41) is 5.63. The summed E-state index contributed by atoms with van der Waals surface area (Å²) in [6.45, 7) is 3.81. The Kier molecular flexibility index (Phi) is 8.93. The highest BCUT2D eigenvalue weighted by atomic mass is 32.1. The predicted octanol–water partition coefficient (Wildman–Crippen LogP) is 4.73. The number of hydrogen-bond acceptors (Lipinski definition) is 8. The summed E-state index contributed by atoms with van der Waals surface area (Å²) in [7, 11) is 1.25. The number of hydrogen-bond donors (Lipinski definition) is 2. The lowest BCUT2D eigenvalue weighted by molar-refractivity contribution is 0.0527. The monoisotopic (exact) mass is 512 g/mol. The van der Waals surface area contributed by atoms with Gasteiger partial charge in [0.1, 0.15) is 22.2 Å². The summed E-state index contributed by atoms with van der Waals surface area (Å²) in [4.78, 5) is 37.6. The van der Waals surface area contributed by atoms with Gasteiger partial charge in [0.2, 0.25) is 0 Å². The number of amides is 1. The van der Waals surface area contributed by atoms with Crippen molar-refractivity contribution in [3.8, 4) is 5.75 Å². The SMILES string of the molecule is CCOC(=O)c1c(NC(=S)NC(=O)c2cccc(OCc3ccccc3)c2)sc(C(=O)OC)c1C. The van der Waals surface area contributed by atoms with Crippen molar-refractivity contribution in [1.82, 2.24) is 5.32 Å².